The van der Waals surface area contributed by atoms with Crippen LogP contribution in [0.4, 0.5) is 0 Å². The van der Waals surface area contributed by atoms with E-state index in [2.05, 4.69) is 30.0 Å². The van der Waals surface area contributed by atoms with Gasteiger partial charge in [0.2, 0.25) is 0 Å². The number of rotatable bonds is 3. The minimum absolute atomic E-state index is 0.148. The first kappa shape index (κ1) is 11.6. The Morgan fingerprint density at radius 2 is 2.31 bits per heavy atom. The van der Waals surface area contributed by atoms with E-state index in [-0.39, 0.29) is 6.04 Å². The van der Waals surface area contributed by atoms with Gasteiger partial charge in [-0.2, -0.15) is 5.10 Å². The third-order valence-electron chi connectivity index (χ3n) is 3.41. The van der Waals surface area contributed by atoms with Crippen LogP contribution < -0.4 is 5.73 Å². The van der Waals surface area contributed by atoms with E-state index in [1.54, 1.807) is 0 Å². The zero-order chi connectivity index (χ0) is 11.7. The molecule has 0 bridgehead atoms. The fourth-order valence-electron chi connectivity index (χ4n) is 2.66. The van der Waals surface area contributed by atoms with Gasteiger partial charge in [-0.15, -0.1) is 0 Å². The lowest BCUT2D eigenvalue weighted by Crippen LogP contribution is -2.38. The molecular weight excluding hydrogens is 200 g/mol. The molecule has 2 heterocycles. The Morgan fingerprint density at radius 3 is 2.75 bits per heavy atom. The van der Waals surface area contributed by atoms with Crippen molar-refractivity contribution in [3.05, 3.63) is 18.0 Å². The van der Waals surface area contributed by atoms with Gasteiger partial charge in [0, 0.05) is 31.4 Å². The molecule has 1 saturated heterocycles. The smallest absolute Gasteiger partial charge is 0.0538 e. The summed E-state index contributed by atoms with van der Waals surface area (Å²) in [5, 5.41) is 4.24. The summed E-state index contributed by atoms with van der Waals surface area (Å²) in [4.78, 5) is 2.49. The Morgan fingerprint density at radius 1 is 1.56 bits per heavy atom. The normalized spacial score (nSPS) is 25.9. The van der Waals surface area contributed by atoms with Crippen LogP contribution in [0.5, 0.6) is 0 Å². The number of hydrogen-bond donors (Lipinski definition) is 1. The first-order valence-corrected chi connectivity index (χ1v) is 6.06. The second kappa shape index (κ2) is 4.55. The van der Waals surface area contributed by atoms with E-state index >= 15 is 0 Å². The quantitative estimate of drug-likeness (QED) is 0.834. The predicted octanol–water partition coefficient (Wildman–Crippen LogP) is 1.15. The molecule has 0 spiro atoms. The van der Waals surface area contributed by atoms with Gasteiger partial charge < -0.3 is 5.73 Å². The maximum absolute atomic E-state index is 6.12. The fourth-order valence-corrected chi connectivity index (χ4v) is 2.66. The number of likely N-dealkylation sites (tertiary alicyclic amines) is 1. The summed E-state index contributed by atoms with van der Waals surface area (Å²) < 4.78 is 1.85. The van der Waals surface area contributed by atoms with E-state index in [4.69, 9.17) is 5.73 Å². The van der Waals surface area contributed by atoms with Gasteiger partial charge in [-0.3, -0.25) is 9.58 Å². The zero-order valence-corrected chi connectivity index (χ0v) is 10.4. The van der Waals surface area contributed by atoms with E-state index < -0.39 is 0 Å². The van der Waals surface area contributed by atoms with Crippen LogP contribution in [0.3, 0.4) is 0 Å². The largest absolute Gasteiger partial charge is 0.326 e. The van der Waals surface area contributed by atoms with Gasteiger partial charge in [0.25, 0.3) is 0 Å². The number of nitrogens with two attached hydrogens (primary N) is 1. The average Bonchev–Trinajstić information content (AvgIpc) is 2.76. The number of hydrogen-bond acceptors (Lipinski definition) is 3. The summed E-state index contributed by atoms with van der Waals surface area (Å²) in [6.45, 7) is 6.70. The van der Waals surface area contributed by atoms with Crippen molar-refractivity contribution in [1.82, 2.24) is 14.7 Å². The zero-order valence-electron chi connectivity index (χ0n) is 10.4. The summed E-state index contributed by atoms with van der Waals surface area (Å²) in [6.07, 6.45) is 5.30. The van der Waals surface area contributed by atoms with Crippen LogP contribution in [0.15, 0.2) is 12.4 Å². The van der Waals surface area contributed by atoms with Crippen molar-refractivity contribution in [3.63, 3.8) is 0 Å². The summed E-state index contributed by atoms with van der Waals surface area (Å²) in [5.41, 5.74) is 7.37. The number of nitrogens with zero attached hydrogens (tertiary/aromatic N) is 3. The molecule has 1 aromatic heterocycles. The van der Waals surface area contributed by atoms with Crippen LogP contribution in [-0.2, 0) is 7.05 Å². The SMILES string of the molecule is CC1CCN(C(c2cnn(C)c2)C(C)N)C1. The van der Waals surface area contributed by atoms with E-state index in [1.165, 1.54) is 12.0 Å². The van der Waals surface area contributed by atoms with Crippen LogP contribution >= 0.6 is 0 Å². The third-order valence-corrected chi connectivity index (χ3v) is 3.41. The molecule has 0 aliphatic carbocycles. The highest BCUT2D eigenvalue weighted by Gasteiger charge is 2.30. The van der Waals surface area contributed by atoms with E-state index in [1.807, 2.05) is 17.9 Å². The molecular formula is C12H22N4. The van der Waals surface area contributed by atoms with Gasteiger partial charge >= 0.3 is 0 Å². The molecule has 90 valence electrons. The van der Waals surface area contributed by atoms with Crippen molar-refractivity contribution < 1.29 is 0 Å². The molecule has 3 atom stereocenters. The molecule has 1 aliphatic rings. The molecule has 2 N–H and O–H groups in total. The summed E-state index contributed by atoms with van der Waals surface area (Å²) >= 11 is 0. The maximum atomic E-state index is 6.12. The Labute approximate surface area is 97.4 Å². The van der Waals surface area contributed by atoms with Crippen molar-refractivity contribution in [1.29, 1.82) is 0 Å². The monoisotopic (exact) mass is 222 g/mol. The number of aromatic nitrogens is 2. The minimum Gasteiger partial charge on any atom is -0.326 e. The highest BCUT2D eigenvalue weighted by molar-refractivity contribution is 5.13. The summed E-state index contributed by atoms with van der Waals surface area (Å²) in [7, 11) is 1.95. The van der Waals surface area contributed by atoms with Crippen molar-refractivity contribution in [2.24, 2.45) is 18.7 Å². The van der Waals surface area contributed by atoms with Crippen LogP contribution in [0.25, 0.3) is 0 Å². The second-order valence-electron chi connectivity index (χ2n) is 5.14. The van der Waals surface area contributed by atoms with Gasteiger partial charge in [-0.1, -0.05) is 6.92 Å². The van der Waals surface area contributed by atoms with Gasteiger partial charge in [0.1, 0.15) is 0 Å². The van der Waals surface area contributed by atoms with E-state index in [0.29, 0.717) is 6.04 Å². The van der Waals surface area contributed by atoms with Crippen LogP contribution in [0, 0.1) is 5.92 Å². The molecule has 0 radical (unpaired) electrons. The van der Waals surface area contributed by atoms with E-state index in [0.717, 1.165) is 19.0 Å². The molecule has 1 fully saturated rings. The molecule has 0 amide bonds. The molecule has 16 heavy (non-hydrogen) atoms. The second-order valence-corrected chi connectivity index (χ2v) is 5.14. The molecule has 2 rings (SSSR count). The Hall–Kier alpha value is -0.870. The third kappa shape index (κ3) is 2.28. The molecule has 0 aromatic carbocycles. The lowest BCUT2D eigenvalue weighted by molar-refractivity contribution is 0.213. The van der Waals surface area contributed by atoms with Gasteiger partial charge in [-0.05, 0) is 25.8 Å². The molecule has 4 heteroatoms. The Kier molecular flexibility index (Phi) is 3.30. The molecule has 1 aliphatic heterocycles. The number of aryl methyl sites for hydroxylation is 1. The fraction of sp³-hybridized carbons (Fsp3) is 0.750. The predicted molar refractivity (Wildman–Crippen MR) is 65.0 cm³/mol. The Balaban J connectivity index is 2.17. The average molecular weight is 222 g/mol. The van der Waals surface area contributed by atoms with Crippen LogP contribution in [0.2, 0.25) is 0 Å². The molecule has 0 saturated carbocycles. The highest BCUT2D eigenvalue weighted by atomic mass is 15.3. The molecule has 1 aromatic rings. The van der Waals surface area contributed by atoms with Gasteiger partial charge in [0.05, 0.1) is 12.2 Å². The first-order chi connectivity index (χ1) is 7.58. The maximum Gasteiger partial charge on any atom is 0.0538 e. The van der Waals surface area contributed by atoms with Gasteiger partial charge in [0.15, 0.2) is 0 Å². The van der Waals surface area contributed by atoms with Crippen molar-refractivity contribution in [3.8, 4) is 0 Å². The standard InChI is InChI=1S/C12H22N4/c1-9-4-5-16(7-9)12(10(2)13)11-6-14-15(3)8-11/h6,8-10,12H,4-5,7,13H2,1-3H3. The van der Waals surface area contributed by atoms with Crippen LogP contribution in [0.1, 0.15) is 31.9 Å². The van der Waals surface area contributed by atoms with Crippen molar-refractivity contribution >= 4 is 0 Å². The minimum atomic E-state index is 0.148. The highest BCUT2D eigenvalue weighted by Crippen LogP contribution is 2.28. The summed E-state index contributed by atoms with van der Waals surface area (Å²) in [6, 6.07) is 0.466. The van der Waals surface area contributed by atoms with E-state index in [9.17, 15) is 0 Å². The molecule has 4 nitrogen and oxygen atoms in total. The van der Waals surface area contributed by atoms with Crippen molar-refractivity contribution in [2.45, 2.75) is 32.4 Å². The van der Waals surface area contributed by atoms with Gasteiger partial charge in [-0.25, -0.2) is 0 Å². The van der Waals surface area contributed by atoms with Crippen molar-refractivity contribution in [2.75, 3.05) is 13.1 Å². The summed E-state index contributed by atoms with van der Waals surface area (Å²) in [5.74, 6) is 0.790. The Bertz CT molecular complexity index is 345. The first-order valence-electron chi connectivity index (χ1n) is 6.06. The topological polar surface area (TPSA) is 47.1 Å². The lowest BCUT2D eigenvalue weighted by Gasteiger charge is -2.30. The van der Waals surface area contributed by atoms with Crippen LogP contribution in [-0.4, -0.2) is 33.8 Å². The molecule has 3 unspecified atom stereocenters. The lowest BCUT2D eigenvalue weighted by atomic mass is 10.0.